The van der Waals surface area contributed by atoms with Crippen molar-refractivity contribution in [1.82, 2.24) is 0 Å². The molecule has 0 atom stereocenters. The van der Waals surface area contributed by atoms with Crippen molar-refractivity contribution in [3.8, 4) is 0 Å². The molecule has 0 spiro atoms. The van der Waals surface area contributed by atoms with E-state index in [0.717, 1.165) is 6.61 Å². The molecule has 5 heavy (non-hydrogen) atoms. The minimum atomic E-state index is 0.685. The molecule has 29 valence electrons. The first-order valence-electron chi connectivity index (χ1n) is 1.40. The fraction of sp³-hybridized carbons (Fsp3) is 0.250. The Balaban J connectivity index is 2.85. The van der Waals surface area contributed by atoms with Crippen LogP contribution in [0.4, 0.5) is 0 Å². The lowest BCUT2D eigenvalue weighted by Gasteiger charge is -1.78. The highest BCUT2D eigenvalue weighted by Gasteiger charge is 1.70. The maximum Gasteiger partial charge on any atom is 0.104 e. The van der Waals surface area contributed by atoms with Crippen LogP contribution in [0.15, 0.2) is 12.2 Å². The molecule has 1 N–H and O–H groups in total. The van der Waals surface area contributed by atoms with Gasteiger partial charge in [-0.05, 0) is 12.5 Å². The molecule has 1 heteroatoms. The Morgan fingerprint density at radius 2 is 2.20 bits per heavy atom. The number of rotatable bonds is 1. The molecule has 0 heterocycles. The van der Waals surface area contributed by atoms with Crippen molar-refractivity contribution >= 4 is 0 Å². The van der Waals surface area contributed by atoms with Crippen LogP contribution in [0.25, 0.3) is 0 Å². The molecule has 0 amide bonds. The number of aliphatic hydroxyl groups is 1. The summed E-state index contributed by atoms with van der Waals surface area (Å²) in [7, 11) is 0. The van der Waals surface area contributed by atoms with Gasteiger partial charge in [0.25, 0.3) is 0 Å². The van der Waals surface area contributed by atoms with Gasteiger partial charge < -0.3 is 5.11 Å². The summed E-state index contributed by atoms with van der Waals surface area (Å²) in [6.07, 6.45) is 0. The Morgan fingerprint density at radius 3 is 2.20 bits per heavy atom. The van der Waals surface area contributed by atoms with Crippen molar-refractivity contribution in [2.75, 3.05) is 0 Å². The number of hydrogen-bond acceptors (Lipinski definition) is 1. The summed E-state index contributed by atoms with van der Waals surface area (Å²) < 4.78 is 0. The minimum absolute atomic E-state index is 0.685. The molecule has 0 saturated carbocycles. The van der Waals surface area contributed by atoms with Gasteiger partial charge in [0.05, 0.1) is 0 Å². The molecule has 0 fully saturated rings. The second-order valence-corrected chi connectivity index (χ2v) is 0.975. The molecule has 0 unspecified atom stereocenters. The van der Waals surface area contributed by atoms with E-state index in [1.807, 2.05) is 0 Å². The monoisotopic (exact) mass is 71.0 g/mol. The predicted molar refractivity (Wildman–Crippen MR) is 21.0 cm³/mol. The van der Waals surface area contributed by atoms with Crippen molar-refractivity contribution < 1.29 is 5.11 Å². The highest BCUT2D eigenvalue weighted by atomic mass is 16.3. The van der Waals surface area contributed by atoms with Crippen molar-refractivity contribution in [2.24, 2.45) is 0 Å². The molecule has 1 nitrogen and oxygen atoms in total. The summed E-state index contributed by atoms with van der Waals surface area (Å²) in [5.41, 5.74) is 0.685. The Bertz CT molecular complexity index is 38.9. The highest BCUT2D eigenvalue weighted by Crippen LogP contribution is 1.83. The van der Waals surface area contributed by atoms with Crippen LogP contribution in [0.1, 0.15) is 6.92 Å². The zero-order valence-corrected chi connectivity index (χ0v) is 3.23. The van der Waals surface area contributed by atoms with Gasteiger partial charge >= 0.3 is 0 Å². The summed E-state index contributed by atoms with van der Waals surface area (Å²) in [5.74, 6) is 0. The molecule has 0 aromatic carbocycles. The van der Waals surface area contributed by atoms with E-state index >= 15 is 0 Å². The van der Waals surface area contributed by atoms with Gasteiger partial charge in [-0.3, -0.25) is 0 Å². The molecular formula is C4H7O. The summed E-state index contributed by atoms with van der Waals surface area (Å²) in [5, 5.41) is 7.92. The standard InChI is InChI=1S/C4H7O/c1-4(2)3-5/h3,5H,1H2,2H3. The van der Waals surface area contributed by atoms with Gasteiger partial charge in [0.15, 0.2) is 0 Å². The van der Waals surface area contributed by atoms with E-state index in [0.29, 0.717) is 5.57 Å². The lowest BCUT2D eigenvalue weighted by Crippen LogP contribution is -1.66. The molecular weight excluding hydrogens is 64.0 g/mol. The van der Waals surface area contributed by atoms with Crippen LogP contribution in [-0.2, 0) is 0 Å². The molecule has 0 aliphatic heterocycles. The quantitative estimate of drug-likeness (QED) is 0.490. The van der Waals surface area contributed by atoms with Crippen molar-refractivity contribution in [2.45, 2.75) is 6.92 Å². The van der Waals surface area contributed by atoms with Crippen LogP contribution >= 0.6 is 0 Å². The average Bonchev–Trinajstić information content (AvgIpc) is 1.38. The van der Waals surface area contributed by atoms with Crippen LogP contribution in [0.2, 0.25) is 0 Å². The third-order valence-corrected chi connectivity index (χ3v) is 0.220. The summed E-state index contributed by atoms with van der Waals surface area (Å²) in [6, 6.07) is 0. The second kappa shape index (κ2) is 1.97. The van der Waals surface area contributed by atoms with Crippen LogP contribution in [-0.4, -0.2) is 5.11 Å². The first kappa shape index (κ1) is 4.70. The third-order valence-electron chi connectivity index (χ3n) is 0.220. The largest absolute Gasteiger partial charge is 0.386 e. The Labute approximate surface area is 31.9 Å². The molecule has 0 aromatic heterocycles. The lowest BCUT2D eigenvalue weighted by molar-refractivity contribution is 0.412. The van der Waals surface area contributed by atoms with E-state index in [4.69, 9.17) is 5.11 Å². The van der Waals surface area contributed by atoms with Crippen LogP contribution in [0, 0.1) is 6.61 Å². The number of aliphatic hydroxyl groups excluding tert-OH is 1. The molecule has 0 aliphatic carbocycles. The van der Waals surface area contributed by atoms with Gasteiger partial charge in [0.1, 0.15) is 6.61 Å². The van der Waals surface area contributed by atoms with Gasteiger partial charge in [-0.1, -0.05) is 6.58 Å². The predicted octanol–water partition coefficient (Wildman–Crippen LogP) is 1.10. The third kappa shape index (κ3) is 3.70. The highest BCUT2D eigenvalue weighted by molar-refractivity contribution is 4.95. The molecule has 0 rings (SSSR count). The summed E-state index contributed by atoms with van der Waals surface area (Å²) in [4.78, 5) is 0. The SMILES string of the molecule is C=C(C)[CH]O. The molecule has 0 aliphatic rings. The molecule has 0 bridgehead atoms. The van der Waals surface area contributed by atoms with Gasteiger partial charge in [-0.2, -0.15) is 0 Å². The van der Waals surface area contributed by atoms with E-state index in [2.05, 4.69) is 6.58 Å². The second-order valence-electron chi connectivity index (χ2n) is 0.975. The van der Waals surface area contributed by atoms with E-state index < -0.39 is 0 Å². The molecule has 0 aromatic rings. The van der Waals surface area contributed by atoms with Crippen molar-refractivity contribution in [3.05, 3.63) is 18.8 Å². The zero-order chi connectivity index (χ0) is 4.28. The van der Waals surface area contributed by atoms with E-state index in [1.54, 1.807) is 6.92 Å². The fourth-order valence-electron chi connectivity index (χ4n) is 0. The minimum Gasteiger partial charge on any atom is -0.386 e. The van der Waals surface area contributed by atoms with Gasteiger partial charge in [0.2, 0.25) is 0 Å². The normalized spacial score (nSPS) is 7.60. The zero-order valence-electron chi connectivity index (χ0n) is 3.23. The Kier molecular flexibility index (Phi) is 1.85. The van der Waals surface area contributed by atoms with Crippen LogP contribution in [0.5, 0.6) is 0 Å². The number of hydrogen-bond donors (Lipinski definition) is 1. The van der Waals surface area contributed by atoms with Gasteiger partial charge in [0, 0.05) is 0 Å². The average molecular weight is 71.1 g/mol. The maximum atomic E-state index is 7.92. The fourth-order valence-corrected chi connectivity index (χ4v) is 0. The smallest absolute Gasteiger partial charge is 0.104 e. The van der Waals surface area contributed by atoms with Crippen molar-refractivity contribution in [3.63, 3.8) is 0 Å². The van der Waals surface area contributed by atoms with Crippen LogP contribution < -0.4 is 0 Å². The molecule has 1 radical (unpaired) electrons. The van der Waals surface area contributed by atoms with E-state index in [1.165, 1.54) is 0 Å². The first-order chi connectivity index (χ1) is 2.27. The van der Waals surface area contributed by atoms with Crippen molar-refractivity contribution in [1.29, 1.82) is 0 Å². The lowest BCUT2D eigenvalue weighted by atomic mass is 10.4. The van der Waals surface area contributed by atoms with Gasteiger partial charge in [-0.15, -0.1) is 0 Å². The maximum absolute atomic E-state index is 7.92. The Hall–Kier alpha value is -0.300. The molecule has 0 saturated heterocycles. The van der Waals surface area contributed by atoms with E-state index in [9.17, 15) is 0 Å². The Morgan fingerprint density at radius 1 is 2.00 bits per heavy atom. The summed E-state index contributed by atoms with van der Waals surface area (Å²) in [6.45, 7) is 6.06. The van der Waals surface area contributed by atoms with Crippen LogP contribution in [0.3, 0.4) is 0 Å². The topological polar surface area (TPSA) is 20.2 Å². The summed E-state index contributed by atoms with van der Waals surface area (Å²) >= 11 is 0. The van der Waals surface area contributed by atoms with E-state index in [-0.39, 0.29) is 0 Å². The first-order valence-corrected chi connectivity index (χ1v) is 1.40. The van der Waals surface area contributed by atoms with Gasteiger partial charge in [-0.25, -0.2) is 0 Å².